The Kier molecular flexibility index (Phi) is 3.78. The number of carbonyl (C=O) groups excluding carboxylic acids is 1. The molecule has 2 aromatic carbocycles. The first-order valence-corrected chi connectivity index (χ1v) is 5.58. The number of phenolic OH excluding ortho intramolecular Hbond substituents is 2. The first kappa shape index (κ1) is 12.6. The molecule has 96 valence electrons. The molecule has 0 unspecified atom stereocenters. The van der Waals surface area contributed by atoms with Crippen molar-refractivity contribution >= 4 is 12.1 Å². The molecule has 0 saturated carbocycles. The van der Waals surface area contributed by atoms with E-state index < -0.39 is 5.91 Å². The number of hydrogen-bond donors (Lipinski definition) is 3. The summed E-state index contributed by atoms with van der Waals surface area (Å²) in [7, 11) is 0. The molecule has 0 aliphatic heterocycles. The molecule has 0 aliphatic carbocycles. The van der Waals surface area contributed by atoms with Crippen LogP contribution in [0.15, 0.2) is 53.6 Å². The van der Waals surface area contributed by atoms with Crippen LogP contribution in [-0.2, 0) is 0 Å². The zero-order valence-electron chi connectivity index (χ0n) is 9.95. The highest BCUT2D eigenvalue weighted by Gasteiger charge is 2.08. The van der Waals surface area contributed by atoms with Gasteiger partial charge in [0.15, 0.2) is 0 Å². The van der Waals surface area contributed by atoms with E-state index in [4.69, 9.17) is 0 Å². The van der Waals surface area contributed by atoms with Gasteiger partial charge in [-0.3, -0.25) is 4.79 Å². The van der Waals surface area contributed by atoms with Gasteiger partial charge in [-0.25, -0.2) is 5.43 Å². The number of amides is 1. The normalized spacial score (nSPS) is 10.5. The number of nitrogens with zero attached hydrogens (tertiary/aromatic N) is 1. The van der Waals surface area contributed by atoms with Crippen LogP contribution in [-0.4, -0.2) is 22.3 Å². The van der Waals surface area contributed by atoms with Crippen LogP contribution in [0.2, 0.25) is 0 Å². The lowest BCUT2D eigenvalue weighted by Gasteiger charge is -2.02. The van der Waals surface area contributed by atoms with Crippen molar-refractivity contribution in [1.82, 2.24) is 5.43 Å². The van der Waals surface area contributed by atoms with Gasteiger partial charge in [0.25, 0.3) is 5.91 Å². The fourth-order valence-electron chi connectivity index (χ4n) is 1.48. The standard InChI is InChI=1S/C14H12N2O3/c17-12-7-3-1-5-10(12)9-15-16-14(19)11-6-2-4-8-13(11)18/h1-9,17-18H,(H,16,19)/b15-9-. The zero-order chi connectivity index (χ0) is 13.7. The van der Waals surface area contributed by atoms with Crippen molar-refractivity contribution < 1.29 is 15.0 Å². The number of aromatic hydroxyl groups is 2. The summed E-state index contributed by atoms with van der Waals surface area (Å²) >= 11 is 0. The average Bonchev–Trinajstić information content (AvgIpc) is 2.41. The minimum Gasteiger partial charge on any atom is -0.507 e. The molecule has 0 atom stereocenters. The van der Waals surface area contributed by atoms with Gasteiger partial charge in [-0.1, -0.05) is 24.3 Å². The largest absolute Gasteiger partial charge is 0.507 e. The van der Waals surface area contributed by atoms with E-state index in [9.17, 15) is 15.0 Å². The molecular weight excluding hydrogens is 244 g/mol. The van der Waals surface area contributed by atoms with Gasteiger partial charge in [-0.15, -0.1) is 0 Å². The number of rotatable bonds is 3. The number of para-hydroxylation sites is 2. The van der Waals surface area contributed by atoms with Crippen molar-refractivity contribution in [2.75, 3.05) is 0 Å². The second-order valence-corrected chi connectivity index (χ2v) is 3.78. The molecule has 0 aromatic heterocycles. The van der Waals surface area contributed by atoms with E-state index in [0.717, 1.165) is 0 Å². The highest BCUT2D eigenvalue weighted by Crippen LogP contribution is 2.15. The molecule has 0 heterocycles. The lowest BCUT2D eigenvalue weighted by atomic mass is 10.2. The smallest absolute Gasteiger partial charge is 0.275 e. The fourth-order valence-corrected chi connectivity index (χ4v) is 1.48. The summed E-state index contributed by atoms with van der Waals surface area (Å²) in [4.78, 5) is 11.7. The van der Waals surface area contributed by atoms with Gasteiger partial charge in [-0.05, 0) is 24.3 Å². The van der Waals surface area contributed by atoms with Crippen LogP contribution in [0.4, 0.5) is 0 Å². The predicted molar refractivity (Wildman–Crippen MR) is 71.3 cm³/mol. The Balaban J connectivity index is 2.06. The van der Waals surface area contributed by atoms with E-state index in [1.807, 2.05) is 0 Å². The quantitative estimate of drug-likeness (QED) is 0.579. The summed E-state index contributed by atoms with van der Waals surface area (Å²) < 4.78 is 0. The van der Waals surface area contributed by atoms with Crippen molar-refractivity contribution in [2.24, 2.45) is 5.10 Å². The number of phenols is 2. The van der Waals surface area contributed by atoms with Crippen LogP contribution in [0, 0.1) is 0 Å². The van der Waals surface area contributed by atoms with Gasteiger partial charge in [-0.2, -0.15) is 5.10 Å². The van der Waals surface area contributed by atoms with Crippen LogP contribution >= 0.6 is 0 Å². The molecule has 0 saturated heterocycles. The lowest BCUT2D eigenvalue weighted by molar-refractivity contribution is 0.0952. The highest BCUT2D eigenvalue weighted by molar-refractivity contribution is 5.97. The van der Waals surface area contributed by atoms with Gasteiger partial charge >= 0.3 is 0 Å². The molecule has 2 aromatic rings. The monoisotopic (exact) mass is 256 g/mol. The van der Waals surface area contributed by atoms with E-state index in [-0.39, 0.29) is 17.1 Å². The van der Waals surface area contributed by atoms with Crippen LogP contribution in [0.1, 0.15) is 15.9 Å². The number of carbonyl (C=O) groups is 1. The summed E-state index contributed by atoms with van der Waals surface area (Å²) in [5, 5.41) is 22.7. The van der Waals surface area contributed by atoms with Crippen molar-refractivity contribution in [1.29, 1.82) is 0 Å². The Bertz CT molecular complexity index is 624. The Morgan fingerprint density at radius 2 is 1.63 bits per heavy atom. The van der Waals surface area contributed by atoms with Crippen LogP contribution in [0.25, 0.3) is 0 Å². The van der Waals surface area contributed by atoms with Crippen LogP contribution in [0.5, 0.6) is 11.5 Å². The van der Waals surface area contributed by atoms with Gasteiger partial charge in [0, 0.05) is 5.56 Å². The molecule has 3 N–H and O–H groups in total. The molecule has 5 nitrogen and oxygen atoms in total. The third kappa shape index (κ3) is 3.10. The second kappa shape index (κ2) is 5.68. The van der Waals surface area contributed by atoms with Crippen molar-refractivity contribution in [3.8, 4) is 11.5 Å². The SMILES string of the molecule is O=C(N/N=C\c1ccccc1O)c1ccccc1O. The Hall–Kier alpha value is -2.82. The van der Waals surface area contributed by atoms with Gasteiger partial charge in [0.1, 0.15) is 11.5 Å². The number of hydrogen-bond acceptors (Lipinski definition) is 4. The molecule has 0 radical (unpaired) electrons. The van der Waals surface area contributed by atoms with Crippen LogP contribution in [0.3, 0.4) is 0 Å². The molecule has 0 aliphatic rings. The molecule has 2 rings (SSSR count). The topological polar surface area (TPSA) is 81.9 Å². The molecule has 0 fully saturated rings. The van der Waals surface area contributed by atoms with E-state index in [0.29, 0.717) is 5.56 Å². The maximum absolute atomic E-state index is 11.7. The molecule has 0 spiro atoms. The molecular formula is C14H12N2O3. The van der Waals surface area contributed by atoms with Crippen molar-refractivity contribution in [3.63, 3.8) is 0 Å². The van der Waals surface area contributed by atoms with Gasteiger partial charge in [0.2, 0.25) is 0 Å². The van der Waals surface area contributed by atoms with E-state index in [1.165, 1.54) is 24.4 Å². The van der Waals surface area contributed by atoms with E-state index in [1.54, 1.807) is 30.3 Å². The van der Waals surface area contributed by atoms with Gasteiger partial charge in [0.05, 0.1) is 11.8 Å². The van der Waals surface area contributed by atoms with Crippen molar-refractivity contribution in [3.05, 3.63) is 59.7 Å². The summed E-state index contributed by atoms with van der Waals surface area (Å²) in [6.07, 6.45) is 1.33. The Morgan fingerprint density at radius 1 is 1.00 bits per heavy atom. The second-order valence-electron chi connectivity index (χ2n) is 3.78. The first-order chi connectivity index (χ1) is 9.18. The molecule has 5 heteroatoms. The number of benzene rings is 2. The Morgan fingerprint density at radius 3 is 2.32 bits per heavy atom. The highest BCUT2D eigenvalue weighted by atomic mass is 16.3. The molecule has 1 amide bonds. The average molecular weight is 256 g/mol. The Labute approximate surface area is 109 Å². The lowest BCUT2D eigenvalue weighted by Crippen LogP contribution is -2.17. The number of hydrazone groups is 1. The van der Waals surface area contributed by atoms with E-state index in [2.05, 4.69) is 10.5 Å². The summed E-state index contributed by atoms with van der Waals surface area (Å²) in [5.41, 5.74) is 2.90. The summed E-state index contributed by atoms with van der Waals surface area (Å²) in [6.45, 7) is 0. The third-order valence-electron chi connectivity index (χ3n) is 2.46. The van der Waals surface area contributed by atoms with Crippen molar-refractivity contribution in [2.45, 2.75) is 0 Å². The molecule has 19 heavy (non-hydrogen) atoms. The van der Waals surface area contributed by atoms with Crippen LogP contribution < -0.4 is 5.43 Å². The predicted octanol–water partition coefficient (Wildman–Crippen LogP) is 1.86. The summed E-state index contributed by atoms with van der Waals surface area (Å²) in [5.74, 6) is -0.564. The van der Waals surface area contributed by atoms with Gasteiger partial charge < -0.3 is 10.2 Å². The number of nitrogens with one attached hydrogen (secondary N) is 1. The maximum Gasteiger partial charge on any atom is 0.275 e. The minimum atomic E-state index is -0.523. The van der Waals surface area contributed by atoms with E-state index >= 15 is 0 Å². The first-order valence-electron chi connectivity index (χ1n) is 5.58. The minimum absolute atomic E-state index is 0.0723. The third-order valence-corrected chi connectivity index (χ3v) is 2.46. The zero-order valence-corrected chi connectivity index (χ0v) is 9.95. The molecule has 0 bridgehead atoms. The fraction of sp³-hybridized carbons (Fsp3) is 0. The maximum atomic E-state index is 11.7. The summed E-state index contributed by atoms with van der Waals surface area (Å²) in [6, 6.07) is 12.8.